The molecule has 0 radical (unpaired) electrons. The van der Waals surface area contributed by atoms with Gasteiger partial charge in [-0.2, -0.15) is 5.26 Å². The largest absolute Gasteiger partial charge is 0.378 e. The first-order valence-electron chi connectivity index (χ1n) is 2.80. The first-order valence-corrected chi connectivity index (χ1v) is 2.80. The third kappa shape index (κ3) is 3.68. The molecule has 50 valence electrons. The zero-order chi connectivity index (χ0) is 7.28. The van der Waals surface area contributed by atoms with Gasteiger partial charge < -0.3 is 5.11 Å². The standard InChI is InChI=1S/C6H9NO2/c1-2-5(8)3-6(9)4-7/h6,9H,2-3H2,1H3. The average Bonchev–Trinajstić information content (AvgIpc) is 1.87. The van der Waals surface area contributed by atoms with Crippen LogP contribution >= 0.6 is 0 Å². The van der Waals surface area contributed by atoms with Crippen LogP contribution in [-0.4, -0.2) is 17.0 Å². The van der Waals surface area contributed by atoms with Crippen LogP contribution < -0.4 is 0 Å². The molecule has 3 nitrogen and oxygen atoms in total. The summed E-state index contributed by atoms with van der Waals surface area (Å²) in [7, 11) is 0. The Balaban J connectivity index is 3.50. The third-order valence-corrected chi connectivity index (χ3v) is 0.964. The van der Waals surface area contributed by atoms with E-state index in [1.54, 1.807) is 13.0 Å². The molecular formula is C6H9NO2. The van der Waals surface area contributed by atoms with E-state index in [1.807, 2.05) is 0 Å². The van der Waals surface area contributed by atoms with Crippen LogP contribution in [0.5, 0.6) is 0 Å². The Morgan fingerprint density at radius 2 is 2.44 bits per heavy atom. The predicted octanol–water partition coefficient (Wildman–Crippen LogP) is 0.240. The minimum Gasteiger partial charge on any atom is -0.378 e. The first-order chi connectivity index (χ1) is 4.20. The molecule has 1 atom stereocenters. The van der Waals surface area contributed by atoms with E-state index in [0.29, 0.717) is 6.42 Å². The lowest BCUT2D eigenvalue weighted by atomic mass is 10.1. The van der Waals surface area contributed by atoms with E-state index in [1.165, 1.54) is 0 Å². The SMILES string of the molecule is CCC(=O)CC(O)C#N. The molecular weight excluding hydrogens is 118 g/mol. The number of aliphatic hydroxyl groups is 1. The summed E-state index contributed by atoms with van der Waals surface area (Å²) in [6, 6.07) is 1.56. The number of carbonyl (C=O) groups excluding carboxylic acids is 1. The van der Waals surface area contributed by atoms with Crippen LogP contribution in [0.2, 0.25) is 0 Å². The van der Waals surface area contributed by atoms with Crippen LogP contribution in [-0.2, 0) is 4.79 Å². The van der Waals surface area contributed by atoms with Gasteiger partial charge in [-0.15, -0.1) is 0 Å². The lowest BCUT2D eigenvalue weighted by Crippen LogP contribution is -2.09. The van der Waals surface area contributed by atoms with Crippen molar-refractivity contribution in [1.82, 2.24) is 0 Å². The Bertz CT molecular complexity index is 136. The van der Waals surface area contributed by atoms with Gasteiger partial charge in [-0.25, -0.2) is 0 Å². The summed E-state index contributed by atoms with van der Waals surface area (Å²) in [5.41, 5.74) is 0. The Hall–Kier alpha value is -0.880. The van der Waals surface area contributed by atoms with Crippen molar-refractivity contribution in [3.63, 3.8) is 0 Å². The molecule has 0 spiro atoms. The van der Waals surface area contributed by atoms with E-state index >= 15 is 0 Å². The molecule has 0 heterocycles. The van der Waals surface area contributed by atoms with Crippen LogP contribution in [0.25, 0.3) is 0 Å². The van der Waals surface area contributed by atoms with Crippen LogP contribution in [0.4, 0.5) is 0 Å². The Morgan fingerprint density at radius 3 is 2.78 bits per heavy atom. The lowest BCUT2D eigenvalue weighted by molar-refractivity contribution is -0.120. The van der Waals surface area contributed by atoms with Crippen molar-refractivity contribution in [3.8, 4) is 6.07 Å². The normalized spacial score (nSPS) is 12.1. The van der Waals surface area contributed by atoms with E-state index in [2.05, 4.69) is 0 Å². The predicted molar refractivity (Wildman–Crippen MR) is 31.5 cm³/mol. The van der Waals surface area contributed by atoms with Gasteiger partial charge >= 0.3 is 0 Å². The average molecular weight is 127 g/mol. The van der Waals surface area contributed by atoms with E-state index in [-0.39, 0.29) is 12.2 Å². The van der Waals surface area contributed by atoms with Crippen LogP contribution in [0.3, 0.4) is 0 Å². The first kappa shape index (κ1) is 8.12. The van der Waals surface area contributed by atoms with Crippen molar-refractivity contribution in [1.29, 1.82) is 5.26 Å². The summed E-state index contributed by atoms with van der Waals surface area (Å²) in [6.07, 6.45) is -0.761. The molecule has 0 aromatic carbocycles. The Morgan fingerprint density at radius 1 is 1.89 bits per heavy atom. The maximum absolute atomic E-state index is 10.5. The summed E-state index contributed by atoms with van der Waals surface area (Å²) < 4.78 is 0. The molecule has 9 heavy (non-hydrogen) atoms. The number of Topliss-reactive ketones (excluding diaryl/α,β-unsaturated/α-hetero) is 1. The molecule has 1 unspecified atom stereocenters. The number of nitrogens with zero attached hydrogens (tertiary/aromatic N) is 1. The number of nitriles is 1. The van der Waals surface area contributed by atoms with E-state index in [0.717, 1.165) is 0 Å². The molecule has 0 aliphatic carbocycles. The highest BCUT2D eigenvalue weighted by Gasteiger charge is 2.05. The monoisotopic (exact) mass is 127 g/mol. The zero-order valence-electron chi connectivity index (χ0n) is 5.29. The second-order valence-electron chi connectivity index (χ2n) is 1.74. The highest BCUT2D eigenvalue weighted by Crippen LogP contribution is 1.93. The Kier molecular flexibility index (Phi) is 3.65. The van der Waals surface area contributed by atoms with Gasteiger partial charge in [0.05, 0.1) is 6.07 Å². The van der Waals surface area contributed by atoms with Gasteiger partial charge in [0.1, 0.15) is 11.9 Å². The molecule has 0 aromatic heterocycles. The molecule has 0 bridgehead atoms. The fraction of sp³-hybridized carbons (Fsp3) is 0.667. The number of ketones is 1. The second kappa shape index (κ2) is 4.04. The number of rotatable bonds is 3. The smallest absolute Gasteiger partial charge is 0.147 e. The number of aliphatic hydroxyl groups excluding tert-OH is 1. The van der Waals surface area contributed by atoms with Crippen molar-refractivity contribution in [2.24, 2.45) is 0 Å². The summed E-state index contributed by atoms with van der Waals surface area (Å²) >= 11 is 0. The minimum absolute atomic E-state index is 0.0347. The third-order valence-electron chi connectivity index (χ3n) is 0.964. The molecule has 0 amide bonds. The van der Waals surface area contributed by atoms with Gasteiger partial charge in [0.25, 0.3) is 0 Å². The molecule has 0 rings (SSSR count). The van der Waals surface area contributed by atoms with E-state index < -0.39 is 6.10 Å². The van der Waals surface area contributed by atoms with Crippen molar-refractivity contribution < 1.29 is 9.90 Å². The molecule has 0 fully saturated rings. The number of carbonyl (C=O) groups is 1. The second-order valence-corrected chi connectivity index (χ2v) is 1.74. The quantitative estimate of drug-likeness (QED) is 0.552. The van der Waals surface area contributed by atoms with Gasteiger partial charge in [-0.05, 0) is 0 Å². The van der Waals surface area contributed by atoms with Gasteiger partial charge in [0, 0.05) is 12.8 Å². The van der Waals surface area contributed by atoms with Gasteiger partial charge in [-0.3, -0.25) is 4.79 Å². The summed E-state index contributed by atoms with van der Waals surface area (Å²) in [5, 5.41) is 16.6. The van der Waals surface area contributed by atoms with Gasteiger partial charge in [-0.1, -0.05) is 6.92 Å². The molecule has 1 N–H and O–H groups in total. The van der Waals surface area contributed by atoms with Gasteiger partial charge in [0.2, 0.25) is 0 Å². The molecule has 0 saturated carbocycles. The van der Waals surface area contributed by atoms with Crippen LogP contribution in [0, 0.1) is 11.3 Å². The van der Waals surface area contributed by atoms with Crippen LogP contribution in [0.1, 0.15) is 19.8 Å². The van der Waals surface area contributed by atoms with Crippen molar-refractivity contribution in [2.75, 3.05) is 0 Å². The number of hydrogen-bond acceptors (Lipinski definition) is 3. The van der Waals surface area contributed by atoms with Crippen molar-refractivity contribution in [3.05, 3.63) is 0 Å². The fourth-order valence-electron chi connectivity index (χ4n) is 0.406. The molecule has 0 aliphatic rings. The summed E-state index contributed by atoms with van der Waals surface area (Å²) in [5.74, 6) is -0.0796. The maximum atomic E-state index is 10.5. The summed E-state index contributed by atoms with van der Waals surface area (Å²) in [6.45, 7) is 1.70. The van der Waals surface area contributed by atoms with E-state index in [4.69, 9.17) is 10.4 Å². The van der Waals surface area contributed by atoms with Crippen molar-refractivity contribution >= 4 is 5.78 Å². The molecule has 0 aliphatic heterocycles. The molecule has 0 aromatic rings. The molecule has 0 saturated heterocycles. The summed E-state index contributed by atoms with van der Waals surface area (Å²) in [4.78, 5) is 10.5. The highest BCUT2D eigenvalue weighted by atomic mass is 16.3. The molecule has 3 heteroatoms. The van der Waals surface area contributed by atoms with Gasteiger partial charge in [0.15, 0.2) is 0 Å². The van der Waals surface area contributed by atoms with E-state index in [9.17, 15) is 4.79 Å². The van der Waals surface area contributed by atoms with Crippen molar-refractivity contribution in [2.45, 2.75) is 25.9 Å². The highest BCUT2D eigenvalue weighted by molar-refractivity contribution is 5.78. The maximum Gasteiger partial charge on any atom is 0.147 e. The fourth-order valence-corrected chi connectivity index (χ4v) is 0.406. The van der Waals surface area contributed by atoms with Crippen LogP contribution in [0.15, 0.2) is 0 Å². The number of hydrogen-bond donors (Lipinski definition) is 1. The zero-order valence-corrected chi connectivity index (χ0v) is 5.29. The topological polar surface area (TPSA) is 61.1 Å². The minimum atomic E-state index is -1.11. The lowest BCUT2D eigenvalue weighted by Gasteiger charge is -1.95. The Labute approximate surface area is 53.9 Å².